The molecule has 0 bridgehead atoms. The number of carbonyl (C=O) groups excluding carboxylic acids is 2. The van der Waals surface area contributed by atoms with Gasteiger partial charge in [0.05, 0.1) is 19.8 Å². The summed E-state index contributed by atoms with van der Waals surface area (Å²) in [5.74, 6) is -0.692. The number of nitrogens with zero attached hydrogens (tertiary/aromatic N) is 1. The first-order valence-electron chi connectivity index (χ1n) is 10.2. The van der Waals surface area contributed by atoms with Crippen LogP contribution < -0.4 is 9.47 Å². The van der Waals surface area contributed by atoms with Crippen molar-refractivity contribution < 1.29 is 33.0 Å². The number of ketones is 1. The molecular weight excluding hydrogens is 429 g/mol. The fourth-order valence-corrected chi connectivity index (χ4v) is 3.86. The van der Waals surface area contributed by atoms with Gasteiger partial charge in [-0.2, -0.15) is 0 Å². The highest BCUT2D eigenvalue weighted by Gasteiger charge is 2.47. The van der Waals surface area contributed by atoms with Gasteiger partial charge < -0.3 is 23.9 Å². The highest BCUT2D eigenvalue weighted by atomic mass is 19.1. The minimum atomic E-state index is -0.961. The molecule has 0 saturated carbocycles. The predicted molar refractivity (Wildman–Crippen MR) is 117 cm³/mol. The van der Waals surface area contributed by atoms with E-state index in [1.54, 1.807) is 31.2 Å². The maximum Gasteiger partial charge on any atom is 0.296 e. The summed E-state index contributed by atoms with van der Waals surface area (Å²) in [7, 11) is 2.94. The predicted octanol–water partition coefficient (Wildman–Crippen LogP) is 4.37. The van der Waals surface area contributed by atoms with Crippen LogP contribution in [0, 0.1) is 12.7 Å². The molecule has 1 fully saturated rings. The number of ether oxygens (including phenoxy) is 2. The molecule has 1 aliphatic rings. The quantitative estimate of drug-likeness (QED) is 0.340. The van der Waals surface area contributed by atoms with Crippen molar-refractivity contribution in [3.05, 3.63) is 88.6 Å². The molecule has 170 valence electrons. The number of methoxy groups -OCH3 is 2. The van der Waals surface area contributed by atoms with Crippen molar-refractivity contribution in [3.63, 3.8) is 0 Å². The van der Waals surface area contributed by atoms with Crippen molar-refractivity contribution in [1.82, 2.24) is 4.90 Å². The molecular formula is C25H22FNO6. The van der Waals surface area contributed by atoms with Crippen molar-refractivity contribution in [2.75, 3.05) is 14.2 Å². The lowest BCUT2D eigenvalue weighted by Crippen LogP contribution is -2.29. The zero-order valence-electron chi connectivity index (χ0n) is 18.3. The van der Waals surface area contributed by atoms with E-state index in [1.807, 2.05) is 0 Å². The van der Waals surface area contributed by atoms with Gasteiger partial charge in [0.1, 0.15) is 29.1 Å². The molecule has 0 spiro atoms. The molecule has 7 nitrogen and oxygen atoms in total. The summed E-state index contributed by atoms with van der Waals surface area (Å²) in [6.07, 6.45) is 0. The van der Waals surface area contributed by atoms with Crippen LogP contribution in [0.25, 0.3) is 5.76 Å². The standard InChI is InChI=1S/C25H22FNO6/c1-14-4-10-19(33-14)22-21(23(28)16-7-11-18(31-2)20(12-16)32-3)24(29)25(30)27(22)13-15-5-8-17(26)9-6-15/h4-12,22,28H,13H2,1-3H3/b23-21-. The molecule has 1 unspecified atom stereocenters. The summed E-state index contributed by atoms with van der Waals surface area (Å²) in [6.45, 7) is 1.77. The molecule has 1 saturated heterocycles. The zero-order chi connectivity index (χ0) is 23.7. The molecule has 0 aliphatic carbocycles. The number of hydrogen-bond donors (Lipinski definition) is 1. The minimum absolute atomic E-state index is 0.0258. The second-order valence-electron chi connectivity index (χ2n) is 7.57. The summed E-state index contributed by atoms with van der Waals surface area (Å²) in [6, 6.07) is 12.7. The average Bonchev–Trinajstić information content (AvgIpc) is 3.35. The first-order valence-corrected chi connectivity index (χ1v) is 10.2. The van der Waals surface area contributed by atoms with E-state index in [0.717, 1.165) is 0 Å². The van der Waals surface area contributed by atoms with Gasteiger partial charge in [-0.3, -0.25) is 9.59 Å². The van der Waals surface area contributed by atoms with Gasteiger partial charge in [-0.1, -0.05) is 12.1 Å². The number of likely N-dealkylation sites (tertiary alicyclic amines) is 1. The Labute approximate surface area is 189 Å². The van der Waals surface area contributed by atoms with Crippen LogP contribution in [0.4, 0.5) is 4.39 Å². The van der Waals surface area contributed by atoms with E-state index in [-0.39, 0.29) is 23.4 Å². The molecule has 2 aromatic carbocycles. The minimum Gasteiger partial charge on any atom is -0.507 e. The number of benzene rings is 2. The third-order valence-electron chi connectivity index (χ3n) is 5.49. The lowest BCUT2D eigenvalue weighted by atomic mass is 9.99. The van der Waals surface area contributed by atoms with Crippen LogP contribution in [0.5, 0.6) is 11.5 Å². The van der Waals surface area contributed by atoms with Crippen molar-refractivity contribution in [2.45, 2.75) is 19.5 Å². The Kier molecular flexibility index (Phi) is 5.91. The van der Waals surface area contributed by atoms with Gasteiger partial charge in [0.2, 0.25) is 0 Å². The normalized spacial score (nSPS) is 17.5. The van der Waals surface area contributed by atoms with E-state index < -0.39 is 23.5 Å². The smallest absolute Gasteiger partial charge is 0.296 e. The van der Waals surface area contributed by atoms with E-state index in [1.165, 1.54) is 49.5 Å². The Bertz CT molecular complexity index is 1240. The number of carbonyl (C=O) groups is 2. The van der Waals surface area contributed by atoms with E-state index in [4.69, 9.17) is 13.9 Å². The number of aryl methyl sites for hydroxylation is 1. The number of amides is 1. The number of aliphatic hydroxyl groups excluding tert-OH is 1. The number of hydrogen-bond acceptors (Lipinski definition) is 6. The van der Waals surface area contributed by atoms with E-state index in [0.29, 0.717) is 28.6 Å². The van der Waals surface area contributed by atoms with Crippen molar-refractivity contribution in [2.24, 2.45) is 0 Å². The third kappa shape index (κ3) is 4.07. The summed E-state index contributed by atoms with van der Waals surface area (Å²) in [5, 5.41) is 11.1. The number of aliphatic hydroxyl groups is 1. The summed E-state index contributed by atoms with van der Waals surface area (Å²) >= 11 is 0. The molecule has 1 aromatic heterocycles. The molecule has 3 aromatic rings. The Morgan fingerprint density at radius 2 is 1.73 bits per heavy atom. The first-order chi connectivity index (χ1) is 15.8. The third-order valence-corrected chi connectivity index (χ3v) is 5.49. The first kappa shape index (κ1) is 22.1. The Hall–Kier alpha value is -4.07. The van der Waals surface area contributed by atoms with Crippen molar-refractivity contribution >= 4 is 17.4 Å². The molecule has 4 rings (SSSR count). The molecule has 1 amide bonds. The van der Waals surface area contributed by atoms with Gasteiger partial charge in [-0.05, 0) is 55.0 Å². The van der Waals surface area contributed by atoms with Gasteiger partial charge in [-0.25, -0.2) is 4.39 Å². The van der Waals surface area contributed by atoms with Gasteiger partial charge in [-0.15, -0.1) is 0 Å². The lowest BCUT2D eigenvalue weighted by Gasteiger charge is -2.23. The Morgan fingerprint density at radius 1 is 1.03 bits per heavy atom. The highest BCUT2D eigenvalue weighted by molar-refractivity contribution is 6.46. The van der Waals surface area contributed by atoms with Crippen LogP contribution in [-0.2, 0) is 16.1 Å². The van der Waals surface area contributed by atoms with Crippen LogP contribution in [0.3, 0.4) is 0 Å². The maximum absolute atomic E-state index is 13.3. The molecule has 0 radical (unpaired) electrons. The van der Waals surface area contributed by atoms with Crippen LogP contribution >= 0.6 is 0 Å². The fraction of sp³-hybridized carbons (Fsp3) is 0.200. The summed E-state index contributed by atoms with van der Waals surface area (Å²) in [5.41, 5.74) is 0.794. The van der Waals surface area contributed by atoms with E-state index in [9.17, 15) is 19.1 Å². The largest absolute Gasteiger partial charge is 0.507 e. The fourth-order valence-electron chi connectivity index (χ4n) is 3.86. The molecule has 1 aliphatic heterocycles. The molecule has 1 N–H and O–H groups in total. The average molecular weight is 451 g/mol. The Balaban J connectivity index is 1.84. The molecule has 2 heterocycles. The topological polar surface area (TPSA) is 89.2 Å². The van der Waals surface area contributed by atoms with Gasteiger partial charge in [0.25, 0.3) is 11.7 Å². The van der Waals surface area contributed by atoms with Crippen LogP contribution in [0.2, 0.25) is 0 Å². The molecule has 1 atom stereocenters. The van der Waals surface area contributed by atoms with Crippen molar-refractivity contribution in [3.8, 4) is 11.5 Å². The maximum atomic E-state index is 13.3. The van der Waals surface area contributed by atoms with Gasteiger partial charge >= 0.3 is 0 Å². The summed E-state index contributed by atoms with van der Waals surface area (Å²) in [4.78, 5) is 27.4. The highest BCUT2D eigenvalue weighted by Crippen LogP contribution is 2.41. The van der Waals surface area contributed by atoms with Gasteiger partial charge in [0, 0.05) is 12.1 Å². The SMILES string of the molecule is COc1ccc(/C(O)=C2/C(=O)C(=O)N(Cc3ccc(F)cc3)C2c2ccc(C)o2)cc1OC. The number of Topliss-reactive ketones (excluding diaryl/α,β-unsaturated/α-hetero) is 1. The lowest BCUT2D eigenvalue weighted by molar-refractivity contribution is -0.140. The van der Waals surface area contributed by atoms with Crippen molar-refractivity contribution in [1.29, 1.82) is 0 Å². The van der Waals surface area contributed by atoms with E-state index >= 15 is 0 Å². The summed E-state index contributed by atoms with van der Waals surface area (Å²) < 4.78 is 29.6. The second-order valence-corrected chi connectivity index (χ2v) is 7.57. The molecule has 33 heavy (non-hydrogen) atoms. The van der Waals surface area contributed by atoms with Gasteiger partial charge in [0.15, 0.2) is 11.5 Å². The van der Waals surface area contributed by atoms with Crippen LogP contribution in [0.1, 0.15) is 28.7 Å². The van der Waals surface area contributed by atoms with Crippen LogP contribution in [-0.4, -0.2) is 35.9 Å². The van der Waals surface area contributed by atoms with Crippen LogP contribution in [0.15, 0.2) is 64.6 Å². The number of furan rings is 1. The molecule has 8 heteroatoms. The number of rotatable bonds is 6. The second kappa shape index (κ2) is 8.82. The Morgan fingerprint density at radius 3 is 2.33 bits per heavy atom. The zero-order valence-corrected chi connectivity index (χ0v) is 18.3. The number of halogens is 1. The monoisotopic (exact) mass is 451 g/mol. The van der Waals surface area contributed by atoms with E-state index in [2.05, 4.69) is 0 Å².